The van der Waals surface area contributed by atoms with Gasteiger partial charge in [0.05, 0.1) is 0 Å². The van der Waals surface area contributed by atoms with Crippen LogP contribution in [0.15, 0.2) is 182 Å². The minimum absolute atomic E-state index is 0.266. The van der Waals surface area contributed by atoms with Crippen molar-refractivity contribution in [2.45, 2.75) is 0 Å². The molecule has 8 aromatic rings. The Labute approximate surface area is 279 Å². The Morgan fingerprint density at radius 3 is 0.979 bits per heavy atom. The fraction of sp³-hybridized carbons (Fsp3) is 0. The smallest absolute Gasteiger partial charge is 0.116 e. The number of benzene rings is 8. The van der Waals surface area contributed by atoms with Crippen molar-refractivity contribution in [2.75, 3.05) is 9.80 Å². The molecule has 0 saturated heterocycles. The third kappa shape index (κ3) is 5.68. The Bertz CT molecular complexity index is 2180. The predicted octanol–water partition coefficient (Wildman–Crippen LogP) is 12.0. The molecule has 0 aliphatic carbocycles. The second-order valence-electron chi connectivity index (χ2n) is 11.9. The number of rotatable bonds is 7. The number of para-hydroxylation sites is 2. The van der Waals surface area contributed by atoms with E-state index in [1.807, 2.05) is 24.3 Å². The molecule has 2 N–H and O–H groups in total. The molecule has 4 heteroatoms. The first-order chi connectivity index (χ1) is 23.6. The number of anilines is 6. The summed E-state index contributed by atoms with van der Waals surface area (Å²) in [5, 5.41) is 24.0. The molecule has 48 heavy (non-hydrogen) atoms. The van der Waals surface area contributed by atoms with Gasteiger partial charge in [-0.05, 0) is 130 Å². The van der Waals surface area contributed by atoms with Crippen molar-refractivity contribution in [3.63, 3.8) is 0 Å². The van der Waals surface area contributed by atoms with Crippen molar-refractivity contribution in [3.8, 4) is 22.6 Å². The number of hydrogen-bond donors (Lipinski definition) is 2. The first-order valence-corrected chi connectivity index (χ1v) is 16.0. The zero-order valence-electron chi connectivity index (χ0n) is 26.1. The van der Waals surface area contributed by atoms with Crippen LogP contribution in [0.2, 0.25) is 0 Å². The summed E-state index contributed by atoms with van der Waals surface area (Å²) >= 11 is 0. The van der Waals surface area contributed by atoms with Crippen molar-refractivity contribution in [3.05, 3.63) is 182 Å². The average molecular weight is 621 g/mol. The van der Waals surface area contributed by atoms with Gasteiger partial charge in [-0.3, -0.25) is 0 Å². The monoisotopic (exact) mass is 620 g/mol. The van der Waals surface area contributed by atoms with Gasteiger partial charge in [-0.15, -0.1) is 0 Å². The Hall–Kier alpha value is -6.52. The maximum Gasteiger partial charge on any atom is 0.116 e. The van der Waals surface area contributed by atoms with Crippen LogP contribution < -0.4 is 9.80 Å². The zero-order chi connectivity index (χ0) is 32.5. The SMILES string of the molecule is Oc1ccc2cc(N(c3ccccc3)c3ccc(-c4ccc(N(c5ccccc5)c5ccc6cc(O)ccc6c5)cc4)cc3)ccc2c1. The normalized spacial score (nSPS) is 11.1. The third-order valence-electron chi connectivity index (χ3n) is 8.74. The van der Waals surface area contributed by atoms with Crippen LogP contribution in [-0.2, 0) is 0 Å². The molecule has 0 aliphatic rings. The van der Waals surface area contributed by atoms with Gasteiger partial charge in [-0.25, -0.2) is 0 Å². The second kappa shape index (κ2) is 12.3. The fourth-order valence-corrected chi connectivity index (χ4v) is 6.37. The van der Waals surface area contributed by atoms with Crippen LogP contribution in [0, 0.1) is 0 Å². The molecule has 0 radical (unpaired) electrons. The van der Waals surface area contributed by atoms with E-state index in [4.69, 9.17) is 0 Å². The van der Waals surface area contributed by atoms with Crippen LogP contribution in [0.25, 0.3) is 32.7 Å². The lowest BCUT2D eigenvalue weighted by atomic mass is 10.0. The summed E-state index contributed by atoms with van der Waals surface area (Å²) in [6, 6.07) is 61.7. The number of phenols is 2. The molecular formula is C44H32N2O2. The van der Waals surface area contributed by atoms with Crippen LogP contribution in [0.5, 0.6) is 11.5 Å². The molecule has 8 rings (SSSR count). The van der Waals surface area contributed by atoms with Crippen molar-refractivity contribution in [2.24, 2.45) is 0 Å². The quantitative estimate of drug-likeness (QED) is 0.186. The van der Waals surface area contributed by atoms with Gasteiger partial charge in [-0.2, -0.15) is 0 Å². The lowest BCUT2D eigenvalue weighted by Crippen LogP contribution is -2.10. The van der Waals surface area contributed by atoms with E-state index in [1.165, 1.54) is 0 Å². The molecule has 0 aliphatic heterocycles. The van der Waals surface area contributed by atoms with Gasteiger partial charge >= 0.3 is 0 Å². The van der Waals surface area contributed by atoms with Crippen LogP contribution in [-0.4, -0.2) is 10.2 Å². The zero-order valence-corrected chi connectivity index (χ0v) is 26.1. The van der Waals surface area contributed by atoms with Gasteiger partial charge in [0, 0.05) is 34.1 Å². The van der Waals surface area contributed by atoms with Gasteiger partial charge < -0.3 is 20.0 Å². The second-order valence-corrected chi connectivity index (χ2v) is 11.9. The van der Waals surface area contributed by atoms with Crippen molar-refractivity contribution in [1.82, 2.24) is 0 Å². The Kier molecular flexibility index (Phi) is 7.44. The van der Waals surface area contributed by atoms with Gasteiger partial charge in [0.1, 0.15) is 11.5 Å². The number of phenolic OH excluding ortho intramolecular Hbond substituents is 2. The van der Waals surface area contributed by atoms with Crippen molar-refractivity contribution >= 4 is 55.7 Å². The van der Waals surface area contributed by atoms with Gasteiger partial charge in [0.15, 0.2) is 0 Å². The standard InChI is InChI=1S/C44H32N2O2/c47-43-25-17-33-27-41(23-15-35(33)29-43)45(37-7-3-1-4-8-37)39-19-11-31(12-20-39)32-13-21-40(22-14-32)46(38-9-5-2-6-10-38)42-24-16-36-30-44(48)26-18-34(36)28-42/h1-30,47-48H. The lowest BCUT2D eigenvalue weighted by molar-refractivity contribution is 0.475. The van der Waals surface area contributed by atoms with E-state index in [1.54, 1.807) is 24.3 Å². The molecule has 0 unspecified atom stereocenters. The molecule has 0 bridgehead atoms. The molecule has 0 atom stereocenters. The van der Waals surface area contributed by atoms with Crippen LogP contribution in [0.1, 0.15) is 0 Å². The van der Waals surface area contributed by atoms with Crippen molar-refractivity contribution in [1.29, 1.82) is 0 Å². The van der Waals surface area contributed by atoms with Gasteiger partial charge in [0.25, 0.3) is 0 Å². The van der Waals surface area contributed by atoms with E-state index in [9.17, 15) is 10.2 Å². The molecule has 8 aromatic carbocycles. The van der Waals surface area contributed by atoms with E-state index in [0.717, 1.165) is 66.8 Å². The Morgan fingerprint density at radius 1 is 0.271 bits per heavy atom. The van der Waals surface area contributed by atoms with Gasteiger partial charge in [0.2, 0.25) is 0 Å². The maximum atomic E-state index is 9.95. The number of aromatic hydroxyl groups is 2. The summed E-state index contributed by atoms with van der Waals surface area (Å²) < 4.78 is 0. The molecule has 0 fully saturated rings. The van der Waals surface area contributed by atoms with E-state index < -0.39 is 0 Å². The molecule has 0 saturated carbocycles. The highest BCUT2D eigenvalue weighted by Gasteiger charge is 2.15. The highest BCUT2D eigenvalue weighted by Crippen LogP contribution is 2.39. The fourth-order valence-electron chi connectivity index (χ4n) is 6.37. The van der Waals surface area contributed by atoms with E-state index in [0.29, 0.717) is 0 Å². The minimum Gasteiger partial charge on any atom is -0.508 e. The first-order valence-electron chi connectivity index (χ1n) is 16.0. The highest BCUT2D eigenvalue weighted by molar-refractivity contribution is 5.91. The molecule has 0 heterocycles. The minimum atomic E-state index is 0.266. The van der Waals surface area contributed by atoms with Crippen LogP contribution in [0.3, 0.4) is 0 Å². The highest BCUT2D eigenvalue weighted by atomic mass is 16.3. The Morgan fingerprint density at radius 2 is 0.583 bits per heavy atom. The predicted molar refractivity (Wildman–Crippen MR) is 200 cm³/mol. The molecular weight excluding hydrogens is 588 g/mol. The number of hydrogen-bond acceptors (Lipinski definition) is 4. The Balaban J connectivity index is 1.12. The largest absolute Gasteiger partial charge is 0.508 e. The summed E-state index contributed by atoms with van der Waals surface area (Å²) in [4.78, 5) is 4.50. The summed E-state index contributed by atoms with van der Waals surface area (Å²) in [7, 11) is 0. The molecule has 0 aromatic heterocycles. The van der Waals surface area contributed by atoms with E-state index in [2.05, 4.69) is 143 Å². The number of nitrogens with zero attached hydrogens (tertiary/aromatic N) is 2. The molecule has 230 valence electrons. The van der Waals surface area contributed by atoms with E-state index in [-0.39, 0.29) is 11.5 Å². The first kappa shape index (κ1) is 28.9. The van der Waals surface area contributed by atoms with Gasteiger partial charge in [-0.1, -0.05) is 84.9 Å². The summed E-state index contributed by atoms with van der Waals surface area (Å²) in [5.74, 6) is 0.532. The van der Waals surface area contributed by atoms with E-state index >= 15 is 0 Å². The lowest BCUT2D eigenvalue weighted by Gasteiger charge is -2.26. The molecule has 4 nitrogen and oxygen atoms in total. The average Bonchev–Trinajstić information content (AvgIpc) is 3.13. The topological polar surface area (TPSA) is 46.9 Å². The molecule has 0 amide bonds. The summed E-state index contributed by atoms with van der Waals surface area (Å²) in [6.07, 6.45) is 0. The third-order valence-corrected chi connectivity index (χ3v) is 8.74. The molecule has 0 spiro atoms. The van der Waals surface area contributed by atoms with Crippen LogP contribution in [0.4, 0.5) is 34.1 Å². The maximum absolute atomic E-state index is 9.95. The summed E-state index contributed by atoms with van der Waals surface area (Å²) in [5.41, 5.74) is 8.59. The van der Waals surface area contributed by atoms with Crippen molar-refractivity contribution < 1.29 is 10.2 Å². The summed E-state index contributed by atoms with van der Waals surface area (Å²) in [6.45, 7) is 0. The van der Waals surface area contributed by atoms with Crippen LogP contribution >= 0.6 is 0 Å². The number of fused-ring (bicyclic) bond motifs is 2.